The number of phosphoric ester groups is 2. The van der Waals surface area contributed by atoms with E-state index in [0.717, 1.165) is 24.0 Å². The first-order valence-corrected chi connectivity index (χ1v) is 11.8. The van der Waals surface area contributed by atoms with Gasteiger partial charge < -0.3 is 9.05 Å². The molecule has 0 saturated carbocycles. The van der Waals surface area contributed by atoms with Crippen LogP contribution in [0.1, 0.15) is 49.7 Å². The van der Waals surface area contributed by atoms with Gasteiger partial charge in [-0.2, -0.15) is 0 Å². The molecule has 2 rings (SSSR count). The van der Waals surface area contributed by atoms with Gasteiger partial charge in [0, 0.05) is 0 Å². The van der Waals surface area contributed by atoms with Gasteiger partial charge in [0.05, 0.1) is 0 Å². The third-order valence-electron chi connectivity index (χ3n) is 4.43. The topological polar surface area (TPSA) is 134 Å². The molecule has 0 spiro atoms. The summed E-state index contributed by atoms with van der Waals surface area (Å²) in [6.07, 6.45) is 1.66. The molecule has 0 bridgehead atoms. The van der Waals surface area contributed by atoms with Crippen LogP contribution < -0.4 is 9.05 Å². The van der Waals surface area contributed by atoms with E-state index < -0.39 is 15.6 Å². The Morgan fingerprint density at radius 2 is 0.964 bits per heavy atom. The maximum Gasteiger partial charge on any atom is 0.524 e. The monoisotopic (exact) mass is 430 g/mol. The Balaban J connectivity index is 2.23. The van der Waals surface area contributed by atoms with Crippen molar-refractivity contribution in [3.05, 3.63) is 59.7 Å². The Hall–Kier alpha value is -1.66. The zero-order valence-electron chi connectivity index (χ0n) is 15.5. The fourth-order valence-corrected chi connectivity index (χ4v) is 4.12. The number of rotatable bonds is 9. The van der Waals surface area contributed by atoms with Gasteiger partial charge in [-0.1, -0.05) is 38.1 Å². The molecular weight excluding hydrogens is 406 g/mol. The second kappa shape index (κ2) is 9.23. The van der Waals surface area contributed by atoms with Crippen LogP contribution in [-0.4, -0.2) is 19.6 Å². The van der Waals surface area contributed by atoms with Gasteiger partial charge in [-0.3, -0.25) is 19.6 Å². The minimum absolute atomic E-state index is 0.0962. The molecule has 10 heteroatoms. The Kier molecular flexibility index (Phi) is 7.46. The molecule has 8 nitrogen and oxygen atoms in total. The fraction of sp³-hybridized carbons (Fsp3) is 0.333. The summed E-state index contributed by atoms with van der Waals surface area (Å²) in [4.78, 5) is 35.6. The number of phosphoric acid groups is 2. The highest BCUT2D eigenvalue weighted by atomic mass is 31.2. The lowest BCUT2D eigenvalue weighted by molar-refractivity contribution is 0.281. The molecule has 28 heavy (non-hydrogen) atoms. The highest BCUT2D eigenvalue weighted by Crippen LogP contribution is 2.42. The molecule has 0 aliphatic heterocycles. The predicted molar refractivity (Wildman–Crippen MR) is 104 cm³/mol. The van der Waals surface area contributed by atoms with Crippen molar-refractivity contribution in [2.24, 2.45) is 0 Å². The maximum absolute atomic E-state index is 10.9. The Morgan fingerprint density at radius 3 is 1.18 bits per heavy atom. The van der Waals surface area contributed by atoms with Gasteiger partial charge in [0.25, 0.3) is 0 Å². The van der Waals surface area contributed by atoms with Crippen molar-refractivity contribution in [1.29, 1.82) is 0 Å². The number of hydrogen-bond acceptors (Lipinski definition) is 4. The van der Waals surface area contributed by atoms with E-state index in [1.165, 1.54) is 24.3 Å². The molecule has 0 unspecified atom stereocenters. The first-order chi connectivity index (χ1) is 13.0. The van der Waals surface area contributed by atoms with Crippen molar-refractivity contribution in [3.63, 3.8) is 0 Å². The largest absolute Gasteiger partial charge is 0.524 e. The lowest BCUT2D eigenvalue weighted by Gasteiger charge is -2.26. The summed E-state index contributed by atoms with van der Waals surface area (Å²) in [5, 5.41) is 0. The molecule has 0 heterocycles. The highest BCUT2D eigenvalue weighted by Gasteiger charge is 2.23. The first kappa shape index (κ1) is 22.6. The minimum Gasteiger partial charge on any atom is -0.404 e. The Bertz CT molecular complexity index is 781. The van der Waals surface area contributed by atoms with Gasteiger partial charge in [0.1, 0.15) is 11.5 Å². The van der Waals surface area contributed by atoms with E-state index in [1.54, 1.807) is 24.3 Å². The molecule has 0 saturated heterocycles. The Morgan fingerprint density at radius 1 is 0.679 bits per heavy atom. The van der Waals surface area contributed by atoms with Crippen molar-refractivity contribution in [2.45, 2.75) is 38.5 Å². The standard InChI is InChI=1S/C18H24O8P2/c1-3-17(13-5-9-15(10-6-13)25-27(19,20)21)18(4-2)14-7-11-16(12-8-14)26-28(22,23)24/h5-12,17-18H,3-4H2,1-2H3,(H2,19,20,21)(H2,22,23,24)/t17-,18-/m0/s1. The summed E-state index contributed by atoms with van der Waals surface area (Å²) in [5.41, 5.74) is 2.01. The number of hydrogen-bond donors (Lipinski definition) is 4. The second-order valence-corrected chi connectivity index (χ2v) is 8.66. The third-order valence-corrected chi connectivity index (χ3v) is 5.33. The first-order valence-electron chi connectivity index (χ1n) is 8.72. The van der Waals surface area contributed by atoms with Gasteiger partial charge >= 0.3 is 15.6 Å². The van der Waals surface area contributed by atoms with E-state index in [0.29, 0.717) is 0 Å². The lowest BCUT2D eigenvalue weighted by atomic mass is 9.78. The molecule has 2 atom stereocenters. The molecule has 0 amide bonds. The molecule has 0 aromatic heterocycles. The molecule has 4 N–H and O–H groups in total. The summed E-state index contributed by atoms with van der Waals surface area (Å²) in [6.45, 7) is 4.11. The SMILES string of the molecule is CC[C@@H](c1ccc(OP(=O)(O)O)cc1)[C@@H](CC)c1ccc(OP(=O)(O)O)cc1. The average Bonchev–Trinajstić information content (AvgIpc) is 2.59. The molecule has 0 aliphatic rings. The van der Waals surface area contributed by atoms with Crippen LogP contribution in [-0.2, 0) is 9.13 Å². The van der Waals surface area contributed by atoms with Gasteiger partial charge in [0.2, 0.25) is 0 Å². The summed E-state index contributed by atoms with van der Waals surface area (Å²) < 4.78 is 31.1. The van der Waals surface area contributed by atoms with E-state index in [2.05, 4.69) is 22.9 Å². The molecule has 0 radical (unpaired) electrons. The van der Waals surface area contributed by atoms with E-state index in [-0.39, 0.29) is 23.3 Å². The maximum atomic E-state index is 10.9. The van der Waals surface area contributed by atoms with E-state index in [9.17, 15) is 9.13 Å². The normalized spacial score (nSPS) is 14.4. The van der Waals surface area contributed by atoms with Crippen LogP contribution >= 0.6 is 15.6 Å². The van der Waals surface area contributed by atoms with Gasteiger partial charge in [-0.25, -0.2) is 9.13 Å². The molecule has 0 fully saturated rings. The Labute approximate surface area is 163 Å². The molecule has 2 aromatic carbocycles. The van der Waals surface area contributed by atoms with Crippen LogP contribution in [0.15, 0.2) is 48.5 Å². The fourth-order valence-electron chi connectivity index (χ4n) is 3.33. The molecule has 2 aromatic rings. The van der Waals surface area contributed by atoms with Gasteiger partial charge in [0.15, 0.2) is 0 Å². The zero-order chi connectivity index (χ0) is 20.9. The van der Waals surface area contributed by atoms with E-state index in [1.807, 2.05) is 0 Å². The van der Waals surface area contributed by atoms with Crippen LogP contribution in [0.4, 0.5) is 0 Å². The van der Waals surface area contributed by atoms with Crippen molar-refractivity contribution in [3.8, 4) is 11.5 Å². The highest BCUT2D eigenvalue weighted by molar-refractivity contribution is 7.47. The summed E-state index contributed by atoms with van der Waals surface area (Å²) in [5.74, 6) is 0.475. The second-order valence-electron chi connectivity index (χ2n) is 6.33. The number of benzene rings is 2. The minimum atomic E-state index is -4.59. The van der Waals surface area contributed by atoms with Crippen molar-refractivity contribution < 1.29 is 37.8 Å². The summed E-state index contributed by atoms with van der Waals surface area (Å²) in [7, 11) is -9.19. The van der Waals surface area contributed by atoms with Crippen LogP contribution in [0.25, 0.3) is 0 Å². The van der Waals surface area contributed by atoms with Crippen molar-refractivity contribution >= 4 is 15.6 Å². The molecule has 0 aliphatic carbocycles. The van der Waals surface area contributed by atoms with E-state index >= 15 is 0 Å². The van der Waals surface area contributed by atoms with Crippen molar-refractivity contribution in [2.75, 3.05) is 0 Å². The van der Waals surface area contributed by atoms with E-state index in [4.69, 9.17) is 19.6 Å². The average molecular weight is 430 g/mol. The van der Waals surface area contributed by atoms with Crippen LogP contribution in [0, 0.1) is 0 Å². The van der Waals surface area contributed by atoms with Gasteiger partial charge in [-0.15, -0.1) is 0 Å². The molecular formula is C18H24O8P2. The smallest absolute Gasteiger partial charge is 0.404 e. The molecule has 154 valence electrons. The predicted octanol–water partition coefficient (Wildman–Crippen LogP) is 4.32. The van der Waals surface area contributed by atoms with Crippen LogP contribution in [0.3, 0.4) is 0 Å². The summed E-state index contributed by atoms with van der Waals surface area (Å²) in [6, 6.07) is 13.3. The van der Waals surface area contributed by atoms with Gasteiger partial charge in [-0.05, 0) is 60.1 Å². The lowest BCUT2D eigenvalue weighted by Crippen LogP contribution is -2.10. The third kappa shape index (κ3) is 6.74. The zero-order valence-corrected chi connectivity index (χ0v) is 17.3. The van der Waals surface area contributed by atoms with Crippen molar-refractivity contribution in [1.82, 2.24) is 0 Å². The van der Waals surface area contributed by atoms with Crippen LogP contribution in [0.2, 0.25) is 0 Å². The summed E-state index contributed by atoms with van der Waals surface area (Å²) >= 11 is 0. The quantitative estimate of drug-likeness (QED) is 0.432. The van der Waals surface area contributed by atoms with Crippen LogP contribution in [0.5, 0.6) is 11.5 Å².